The molecule has 0 radical (unpaired) electrons. The topological polar surface area (TPSA) is 42.1 Å². The summed E-state index contributed by atoms with van der Waals surface area (Å²) in [7, 11) is 1.93. The molecule has 1 aromatic heterocycles. The summed E-state index contributed by atoms with van der Waals surface area (Å²) in [4.78, 5) is 6.72. The fourth-order valence-corrected chi connectivity index (χ4v) is 3.17. The third-order valence-corrected chi connectivity index (χ3v) is 3.87. The Kier molecular flexibility index (Phi) is 4.54. The van der Waals surface area contributed by atoms with Crippen LogP contribution >= 0.6 is 44.1 Å². The number of para-hydroxylation sites is 1. The highest BCUT2D eigenvalue weighted by molar-refractivity contribution is 9.11. The number of benzene rings is 1. The SMILES string of the molecule is CN(c1ccccc1C(N)=S)c1ncc(Br)cc1Br. The quantitative estimate of drug-likeness (QED) is 0.790. The van der Waals surface area contributed by atoms with Gasteiger partial charge in [-0.2, -0.15) is 0 Å². The molecule has 0 unspecified atom stereocenters. The van der Waals surface area contributed by atoms with Gasteiger partial charge in [-0.25, -0.2) is 4.98 Å². The minimum Gasteiger partial charge on any atom is -0.389 e. The van der Waals surface area contributed by atoms with Crippen LogP contribution in [0.5, 0.6) is 0 Å². The number of pyridine rings is 1. The molecule has 0 amide bonds. The molecule has 1 aromatic carbocycles. The second kappa shape index (κ2) is 5.98. The van der Waals surface area contributed by atoms with Gasteiger partial charge in [-0.05, 0) is 50.1 Å². The van der Waals surface area contributed by atoms with Gasteiger partial charge in [0, 0.05) is 23.3 Å². The van der Waals surface area contributed by atoms with Gasteiger partial charge in [-0.3, -0.25) is 0 Å². The molecule has 0 aliphatic rings. The van der Waals surface area contributed by atoms with E-state index in [1.165, 1.54) is 0 Å². The fourth-order valence-electron chi connectivity index (χ4n) is 1.74. The molecule has 2 N–H and O–H groups in total. The molecule has 0 saturated carbocycles. The highest BCUT2D eigenvalue weighted by Gasteiger charge is 2.14. The van der Waals surface area contributed by atoms with E-state index in [1.54, 1.807) is 6.20 Å². The monoisotopic (exact) mass is 399 g/mol. The number of anilines is 2. The Hall–Kier alpha value is -0.980. The molecule has 2 rings (SSSR count). The van der Waals surface area contributed by atoms with Gasteiger partial charge in [0.05, 0.1) is 10.2 Å². The number of aromatic nitrogens is 1. The van der Waals surface area contributed by atoms with E-state index in [0.29, 0.717) is 4.99 Å². The van der Waals surface area contributed by atoms with Crippen molar-refractivity contribution >= 4 is 60.6 Å². The molecule has 2 aromatic rings. The van der Waals surface area contributed by atoms with Gasteiger partial charge in [-0.15, -0.1) is 0 Å². The molecule has 0 aliphatic heterocycles. The maximum Gasteiger partial charge on any atom is 0.147 e. The maximum absolute atomic E-state index is 5.76. The first-order valence-corrected chi connectivity index (χ1v) is 7.43. The number of hydrogen-bond acceptors (Lipinski definition) is 3. The van der Waals surface area contributed by atoms with E-state index in [0.717, 1.165) is 26.0 Å². The third kappa shape index (κ3) is 3.13. The van der Waals surface area contributed by atoms with E-state index in [1.807, 2.05) is 42.3 Å². The lowest BCUT2D eigenvalue weighted by Gasteiger charge is -2.22. The molecule has 0 atom stereocenters. The summed E-state index contributed by atoms with van der Waals surface area (Å²) < 4.78 is 1.81. The Morgan fingerprint density at radius 2 is 2.00 bits per heavy atom. The van der Waals surface area contributed by atoms with E-state index < -0.39 is 0 Å². The maximum atomic E-state index is 5.76. The molecule has 0 bridgehead atoms. The van der Waals surface area contributed by atoms with Crippen molar-refractivity contribution in [2.45, 2.75) is 0 Å². The number of thiocarbonyl (C=S) groups is 1. The summed E-state index contributed by atoms with van der Waals surface area (Å²) >= 11 is 12.0. The van der Waals surface area contributed by atoms with Gasteiger partial charge in [-0.1, -0.05) is 24.4 Å². The lowest BCUT2D eigenvalue weighted by molar-refractivity contribution is 1.11. The predicted octanol–water partition coefficient (Wildman–Crippen LogP) is 4.01. The zero-order valence-corrected chi connectivity index (χ0v) is 14.1. The van der Waals surface area contributed by atoms with Crippen LogP contribution < -0.4 is 10.6 Å². The minimum absolute atomic E-state index is 0.371. The number of halogens is 2. The van der Waals surface area contributed by atoms with Crippen molar-refractivity contribution < 1.29 is 0 Å². The average Bonchev–Trinajstić information content (AvgIpc) is 2.38. The molecule has 3 nitrogen and oxygen atoms in total. The smallest absolute Gasteiger partial charge is 0.147 e. The minimum atomic E-state index is 0.371. The van der Waals surface area contributed by atoms with E-state index in [4.69, 9.17) is 18.0 Å². The van der Waals surface area contributed by atoms with Crippen molar-refractivity contribution in [3.8, 4) is 0 Å². The van der Waals surface area contributed by atoms with Gasteiger partial charge in [0.1, 0.15) is 10.8 Å². The fraction of sp³-hybridized carbons (Fsp3) is 0.0769. The summed E-state index contributed by atoms with van der Waals surface area (Å²) in [5, 5.41) is 0. The van der Waals surface area contributed by atoms with E-state index >= 15 is 0 Å². The van der Waals surface area contributed by atoms with Crippen LogP contribution in [0.4, 0.5) is 11.5 Å². The molecule has 0 aliphatic carbocycles. The molecule has 0 saturated heterocycles. The van der Waals surface area contributed by atoms with Crippen molar-refractivity contribution in [1.82, 2.24) is 4.98 Å². The van der Waals surface area contributed by atoms with E-state index in [2.05, 4.69) is 36.8 Å². The average molecular weight is 401 g/mol. The summed E-state index contributed by atoms with van der Waals surface area (Å²) in [6.45, 7) is 0. The van der Waals surface area contributed by atoms with Crippen LogP contribution in [0.3, 0.4) is 0 Å². The predicted molar refractivity (Wildman–Crippen MR) is 90.0 cm³/mol. The molecular weight excluding hydrogens is 390 g/mol. The van der Waals surface area contributed by atoms with Crippen LogP contribution in [-0.4, -0.2) is 17.0 Å². The summed E-state index contributed by atoms with van der Waals surface area (Å²) in [5.41, 5.74) is 7.51. The summed E-state index contributed by atoms with van der Waals surface area (Å²) in [6, 6.07) is 9.67. The Morgan fingerprint density at radius 1 is 1.32 bits per heavy atom. The molecule has 6 heteroatoms. The Balaban J connectivity index is 2.50. The van der Waals surface area contributed by atoms with Crippen molar-refractivity contribution in [1.29, 1.82) is 0 Å². The van der Waals surface area contributed by atoms with Gasteiger partial charge in [0.25, 0.3) is 0 Å². The number of nitrogens with two attached hydrogens (primary N) is 1. The third-order valence-electron chi connectivity index (χ3n) is 2.64. The Morgan fingerprint density at radius 3 is 2.63 bits per heavy atom. The van der Waals surface area contributed by atoms with Gasteiger partial charge >= 0.3 is 0 Å². The first kappa shape index (κ1) is 14.4. The van der Waals surface area contributed by atoms with Crippen molar-refractivity contribution in [2.75, 3.05) is 11.9 Å². The van der Waals surface area contributed by atoms with Crippen molar-refractivity contribution in [3.63, 3.8) is 0 Å². The van der Waals surface area contributed by atoms with Crippen LogP contribution in [0.2, 0.25) is 0 Å². The normalized spacial score (nSPS) is 10.3. The summed E-state index contributed by atoms with van der Waals surface area (Å²) in [6.07, 6.45) is 1.75. The highest BCUT2D eigenvalue weighted by Crippen LogP contribution is 2.32. The number of hydrogen-bond donors (Lipinski definition) is 1. The van der Waals surface area contributed by atoms with Crippen LogP contribution in [0.1, 0.15) is 5.56 Å². The van der Waals surface area contributed by atoms with E-state index in [-0.39, 0.29) is 0 Å². The van der Waals surface area contributed by atoms with Crippen LogP contribution in [-0.2, 0) is 0 Å². The molecule has 19 heavy (non-hydrogen) atoms. The Labute approximate surface area is 134 Å². The highest BCUT2D eigenvalue weighted by atomic mass is 79.9. The zero-order valence-electron chi connectivity index (χ0n) is 10.1. The molecular formula is C13H11Br2N3S. The number of nitrogens with zero attached hydrogens (tertiary/aromatic N) is 2. The number of rotatable bonds is 3. The Bertz CT molecular complexity index is 631. The van der Waals surface area contributed by atoms with Gasteiger partial charge < -0.3 is 10.6 Å². The van der Waals surface area contributed by atoms with Gasteiger partial charge in [0.15, 0.2) is 0 Å². The molecule has 0 fully saturated rings. The molecule has 98 valence electrons. The standard InChI is InChI=1S/C13H11Br2N3S/c1-18(13-10(15)6-8(14)7-17-13)11-5-3-2-4-9(11)12(16)19/h2-7H,1H3,(H2,16,19). The lowest BCUT2D eigenvalue weighted by Crippen LogP contribution is -2.18. The summed E-state index contributed by atoms with van der Waals surface area (Å²) in [5.74, 6) is 0.798. The second-order valence-corrected chi connectivity index (χ2v) is 6.11. The van der Waals surface area contributed by atoms with Crippen LogP contribution in [0.25, 0.3) is 0 Å². The largest absolute Gasteiger partial charge is 0.389 e. The second-order valence-electron chi connectivity index (χ2n) is 3.90. The molecule has 0 spiro atoms. The van der Waals surface area contributed by atoms with Gasteiger partial charge in [0.2, 0.25) is 0 Å². The van der Waals surface area contributed by atoms with Crippen molar-refractivity contribution in [2.24, 2.45) is 5.73 Å². The van der Waals surface area contributed by atoms with Crippen LogP contribution in [0, 0.1) is 0 Å². The van der Waals surface area contributed by atoms with Crippen molar-refractivity contribution in [3.05, 3.63) is 51.0 Å². The lowest BCUT2D eigenvalue weighted by atomic mass is 10.1. The zero-order chi connectivity index (χ0) is 14.0. The first-order chi connectivity index (χ1) is 9.00. The first-order valence-electron chi connectivity index (χ1n) is 5.44. The van der Waals surface area contributed by atoms with E-state index in [9.17, 15) is 0 Å². The molecule has 1 heterocycles. The van der Waals surface area contributed by atoms with Crippen LogP contribution in [0.15, 0.2) is 45.5 Å².